The van der Waals surface area contributed by atoms with Crippen molar-refractivity contribution in [3.8, 4) is 0 Å². The van der Waals surface area contributed by atoms with Crippen LogP contribution in [-0.4, -0.2) is 37.4 Å². The summed E-state index contributed by atoms with van der Waals surface area (Å²) in [5, 5.41) is 20.6. The minimum Gasteiger partial charge on any atom is -0.455 e. The number of carbonyl (C=O) groups excluding carboxylic acids is 1. The van der Waals surface area contributed by atoms with Gasteiger partial charge in [0.15, 0.2) is 12.7 Å². The first kappa shape index (κ1) is 16.9. The number of tetrazole rings is 1. The molecule has 2 aromatic rings. The lowest BCUT2D eigenvalue weighted by Crippen LogP contribution is -2.25. The Morgan fingerprint density at radius 2 is 2.17 bits per heavy atom. The number of benzene rings is 1. The van der Waals surface area contributed by atoms with E-state index in [0.29, 0.717) is 0 Å². The van der Waals surface area contributed by atoms with Gasteiger partial charge in [0, 0.05) is 6.42 Å². The van der Waals surface area contributed by atoms with Gasteiger partial charge in [0.1, 0.15) is 0 Å². The lowest BCUT2D eigenvalue weighted by atomic mass is 10.0. The van der Waals surface area contributed by atoms with Crippen LogP contribution in [0.2, 0.25) is 0 Å². The summed E-state index contributed by atoms with van der Waals surface area (Å²) in [6.45, 7) is -0.285. The number of nitrogens with zero attached hydrogens (tertiary/aromatic N) is 4. The molecule has 1 N–H and O–H groups in total. The van der Waals surface area contributed by atoms with E-state index in [1.54, 1.807) is 0 Å². The molecule has 1 aromatic carbocycles. The molecule has 0 aliphatic carbocycles. The number of hydrogen-bond donors (Lipinski definition) is 1. The fraction of sp³-hybridized carbons (Fsp3) is 0.385. The molecule has 0 fully saturated rings. The summed E-state index contributed by atoms with van der Waals surface area (Å²) in [5.74, 6) is -0.831. The van der Waals surface area contributed by atoms with E-state index in [9.17, 15) is 23.1 Å². The Bertz CT molecular complexity index is 687. The maximum absolute atomic E-state index is 12.6. The second-order valence-corrected chi connectivity index (χ2v) is 4.72. The zero-order valence-electron chi connectivity index (χ0n) is 12.0. The van der Waals surface area contributed by atoms with Gasteiger partial charge in [-0.1, -0.05) is 18.2 Å². The Hall–Kier alpha value is -2.49. The van der Waals surface area contributed by atoms with Crippen LogP contribution in [-0.2, 0) is 35.8 Å². The molecular weight excluding hydrogens is 317 g/mol. The van der Waals surface area contributed by atoms with Gasteiger partial charge in [0.2, 0.25) is 5.82 Å². The third-order valence-corrected chi connectivity index (χ3v) is 2.85. The topological polar surface area (TPSA) is 90.1 Å². The number of aliphatic hydroxyl groups excluding tert-OH is 1. The number of ether oxygens (including phenoxy) is 1. The average molecular weight is 330 g/mol. The average Bonchev–Trinajstić information content (AvgIpc) is 2.89. The molecule has 0 aliphatic rings. The SMILES string of the molecule is Cn1nnc(COC(=O)C(O)Cc2cccc(C(F)(F)F)c2)n1. The van der Waals surface area contributed by atoms with Gasteiger partial charge >= 0.3 is 12.1 Å². The normalized spacial score (nSPS) is 12.9. The molecule has 0 radical (unpaired) electrons. The molecule has 0 saturated heterocycles. The molecular formula is C13H13F3N4O3. The van der Waals surface area contributed by atoms with Crippen molar-refractivity contribution in [1.29, 1.82) is 0 Å². The van der Waals surface area contributed by atoms with Crippen molar-refractivity contribution in [3.63, 3.8) is 0 Å². The highest BCUT2D eigenvalue weighted by Gasteiger charge is 2.30. The smallest absolute Gasteiger partial charge is 0.416 e. The minimum atomic E-state index is -4.49. The predicted octanol–water partition coefficient (Wildman–Crippen LogP) is 0.876. The number of alkyl halides is 3. The molecule has 1 heterocycles. The summed E-state index contributed by atoms with van der Waals surface area (Å²) in [4.78, 5) is 12.8. The van der Waals surface area contributed by atoms with Gasteiger partial charge in [0.05, 0.1) is 12.6 Å². The predicted molar refractivity (Wildman–Crippen MR) is 69.7 cm³/mol. The van der Waals surface area contributed by atoms with Crippen molar-refractivity contribution in [3.05, 3.63) is 41.2 Å². The fourth-order valence-electron chi connectivity index (χ4n) is 1.79. The number of halogens is 3. The summed E-state index contributed by atoms with van der Waals surface area (Å²) >= 11 is 0. The lowest BCUT2D eigenvalue weighted by molar-refractivity contribution is -0.155. The van der Waals surface area contributed by atoms with Crippen LogP contribution in [0.5, 0.6) is 0 Å². The van der Waals surface area contributed by atoms with E-state index in [-0.39, 0.29) is 24.4 Å². The Kier molecular flexibility index (Phi) is 4.94. The highest BCUT2D eigenvalue weighted by atomic mass is 19.4. The molecule has 10 heteroatoms. The molecule has 0 spiro atoms. The van der Waals surface area contributed by atoms with E-state index in [4.69, 9.17) is 4.74 Å². The van der Waals surface area contributed by atoms with Gasteiger partial charge in [-0.15, -0.1) is 10.2 Å². The van der Waals surface area contributed by atoms with Gasteiger partial charge < -0.3 is 9.84 Å². The van der Waals surface area contributed by atoms with E-state index in [1.165, 1.54) is 24.0 Å². The highest BCUT2D eigenvalue weighted by Crippen LogP contribution is 2.29. The van der Waals surface area contributed by atoms with Crippen molar-refractivity contribution < 1.29 is 27.8 Å². The van der Waals surface area contributed by atoms with Crippen molar-refractivity contribution in [2.75, 3.05) is 0 Å². The van der Waals surface area contributed by atoms with E-state index in [2.05, 4.69) is 15.4 Å². The van der Waals surface area contributed by atoms with Crippen LogP contribution in [0.15, 0.2) is 24.3 Å². The minimum absolute atomic E-state index is 0.145. The van der Waals surface area contributed by atoms with Gasteiger partial charge in [0.25, 0.3) is 0 Å². The third kappa shape index (κ3) is 4.74. The third-order valence-electron chi connectivity index (χ3n) is 2.85. The highest BCUT2D eigenvalue weighted by molar-refractivity contribution is 5.74. The number of carbonyl (C=O) groups is 1. The van der Waals surface area contributed by atoms with Gasteiger partial charge in [-0.25, -0.2) is 4.79 Å². The van der Waals surface area contributed by atoms with Gasteiger partial charge in [-0.2, -0.15) is 18.0 Å². The molecule has 1 atom stereocenters. The second kappa shape index (κ2) is 6.73. The monoisotopic (exact) mass is 330 g/mol. The second-order valence-electron chi connectivity index (χ2n) is 4.72. The van der Waals surface area contributed by atoms with Crippen molar-refractivity contribution in [2.24, 2.45) is 7.05 Å². The first-order valence-corrected chi connectivity index (χ1v) is 6.49. The van der Waals surface area contributed by atoms with Crippen LogP contribution >= 0.6 is 0 Å². The number of aliphatic hydroxyl groups is 1. The quantitative estimate of drug-likeness (QED) is 0.819. The van der Waals surface area contributed by atoms with Crippen LogP contribution in [0.4, 0.5) is 13.2 Å². The van der Waals surface area contributed by atoms with Crippen LogP contribution in [0.1, 0.15) is 17.0 Å². The molecule has 1 unspecified atom stereocenters. The maximum Gasteiger partial charge on any atom is 0.416 e. The molecule has 23 heavy (non-hydrogen) atoms. The molecule has 7 nitrogen and oxygen atoms in total. The van der Waals surface area contributed by atoms with Gasteiger partial charge in [-0.3, -0.25) is 0 Å². The maximum atomic E-state index is 12.6. The number of esters is 1. The first-order chi connectivity index (χ1) is 10.8. The summed E-state index contributed by atoms with van der Waals surface area (Å²) in [5.41, 5.74) is -0.679. The number of hydrogen-bond acceptors (Lipinski definition) is 6. The number of aryl methyl sites for hydroxylation is 1. The molecule has 0 amide bonds. The van der Waals surface area contributed by atoms with E-state index in [1.807, 2.05) is 0 Å². The molecule has 0 saturated carbocycles. The summed E-state index contributed by atoms with van der Waals surface area (Å²) in [6.07, 6.45) is -6.37. The zero-order valence-corrected chi connectivity index (χ0v) is 12.0. The molecule has 2 rings (SSSR count). The standard InChI is InChI=1S/C13H13F3N4O3/c1-20-18-11(17-19-20)7-23-12(22)10(21)6-8-3-2-4-9(5-8)13(14,15)16/h2-5,10,21H,6-7H2,1H3. The van der Waals surface area contributed by atoms with Crippen LogP contribution < -0.4 is 0 Å². The summed E-state index contributed by atoms with van der Waals surface area (Å²) in [6, 6.07) is 4.38. The Morgan fingerprint density at radius 3 is 2.78 bits per heavy atom. The molecule has 0 bridgehead atoms. The van der Waals surface area contributed by atoms with Crippen molar-refractivity contribution in [2.45, 2.75) is 25.3 Å². The fourth-order valence-corrected chi connectivity index (χ4v) is 1.79. The summed E-state index contributed by atoms with van der Waals surface area (Å²) in [7, 11) is 1.53. The Morgan fingerprint density at radius 1 is 1.43 bits per heavy atom. The van der Waals surface area contributed by atoms with E-state index in [0.717, 1.165) is 12.1 Å². The first-order valence-electron chi connectivity index (χ1n) is 6.49. The molecule has 124 valence electrons. The van der Waals surface area contributed by atoms with Crippen LogP contribution in [0, 0.1) is 0 Å². The number of rotatable bonds is 5. The van der Waals surface area contributed by atoms with Crippen LogP contribution in [0.25, 0.3) is 0 Å². The largest absolute Gasteiger partial charge is 0.455 e. The molecule has 1 aromatic heterocycles. The van der Waals surface area contributed by atoms with Crippen molar-refractivity contribution in [1.82, 2.24) is 20.2 Å². The van der Waals surface area contributed by atoms with E-state index >= 15 is 0 Å². The summed E-state index contributed by atoms with van der Waals surface area (Å²) < 4.78 is 42.6. The van der Waals surface area contributed by atoms with E-state index < -0.39 is 23.8 Å². The zero-order chi connectivity index (χ0) is 17.0. The van der Waals surface area contributed by atoms with Crippen LogP contribution in [0.3, 0.4) is 0 Å². The van der Waals surface area contributed by atoms with Crippen molar-refractivity contribution >= 4 is 5.97 Å². The lowest BCUT2D eigenvalue weighted by Gasteiger charge is -2.12. The Labute approximate surface area is 128 Å². The number of aromatic nitrogens is 4. The Balaban J connectivity index is 1.93. The van der Waals surface area contributed by atoms with Gasteiger partial charge in [-0.05, 0) is 16.8 Å². The molecule has 0 aliphatic heterocycles.